The number of nitrogens with zero attached hydrogens (tertiary/aromatic N) is 2. The first-order valence-corrected chi connectivity index (χ1v) is 7.06. The van der Waals surface area contributed by atoms with Gasteiger partial charge in [-0.2, -0.15) is 0 Å². The van der Waals surface area contributed by atoms with E-state index in [4.69, 9.17) is 4.74 Å². The molecule has 0 radical (unpaired) electrons. The van der Waals surface area contributed by atoms with Gasteiger partial charge in [0.05, 0.1) is 5.60 Å². The number of nitrogens with one attached hydrogen (secondary N) is 2. The zero-order valence-corrected chi connectivity index (χ0v) is 13.7. The molecule has 1 atom stereocenters. The fraction of sp³-hybridized carbons (Fsp3) is 0.929. The third kappa shape index (κ3) is 8.06. The number of methoxy groups -OCH3 is 1. The van der Waals surface area contributed by atoms with E-state index in [1.807, 2.05) is 13.8 Å². The lowest BCUT2D eigenvalue weighted by molar-refractivity contribution is 0.0268. The van der Waals surface area contributed by atoms with Crippen molar-refractivity contribution in [3.05, 3.63) is 0 Å². The first-order valence-electron chi connectivity index (χ1n) is 7.06. The van der Waals surface area contributed by atoms with Crippen LogP contribution in [0.25, 0.3) is 0 Å². The van der Waals surface area contributed by atoms with Gasteiger partial charge >= 0.3 is 0 Å². The highest BCUT2D eigenvalue weighted by Gasteiger charge is 2.16. The Labute approximate surface area is 118 Å². The number of aliphatic imine (C=N–C) groups is 1. The summed E-state index contributed by atoms with van der Waals surface area (Å²) in [4.78, 5) is 6.55. The molecule has 0 fully saturated rings. The Morgan fingerprint density at radius 3 is 2.47 bits per heavy atom. The maximum Gasteiger partial charge on any atom is 0.191 e. The Morgan fingerprint density at radius 2 is 2.00 bits per heavy atom. The number of hydrogen-bond donors (Lipinski definition) is 2. The Morgan fingerprint density at radius 1 is 1.37 bits per heavy atom. The van der Waals surface area contributed by atoms with Crippen molar-refractivity contribution in [2.24, 2.45) is 4.99 Å². The van der Waals surface area contributed by atoms with Gasteiger partial charge < -0.3 is 20.3 Å². The SMILES string of the molecule is CCC(C)N(C)CCNC(=NC)NCC(C)(C)OC. The minimum Gasteiger partial charge on any atom is -0.377 e. The zero-order chi connectivity index (χ0) is 14.9. The molecule has 0 saturated carbocycles. The van der Waals surface area contributed by atoms with Gasteiger partial charge in [-0.25, -0.2) is 0 Å². The molecule has 1 unspecified atom stereocenters. The van der Waals surface area contributed by atoms with Crippen LogP contribution in [0.2, 0.25) is 0 Å². The summed E-state index contributed by atoms with van der Waals surface area (Å²) in [7, 11) is 5.66. The van der Waals surface area contributed by atoms with E-state index in [9.17, 15) is 0 Å². The molecule has 0 saturated heterocycles. The minimum absolute atomic E-state index is 0.189. The molecule has 2 N–H and O–H groups in total. The van der Waals surface area contributed by atoms with Crippen molar-refractivity contribution in [1.29, 1.82) is 0 Å². The van der Waals surface area contributed by atoms with Crippen LogP contribution in [0.3, 0.4) is 0 Å². The molecule has 114 valence electrons. The zero-order valence-electron chi connectivity index (χ0n) is 13.7. The second-order valence-corrected chi connectivity index (χ2v) is 5.55. The molecule has 0 aromatic rings. The van der Waals surface area contributed by atoms with Crippen LogP contribution in [0.4, 0.5) is 0 Å². The summed E-state index contributed by atoms with van der Waals surface area (Å²) in [6.07, 6.45) is 1.17. The second kappa shape index (κ2) is 9.15. The summed E-state index contributed by atoms with van der Waals surface area (Å²) < 4.78 is 5.37. The van der Waals surface area contributed by atoms with E-state index >= 15 is 0 Å². The van der Waals surface area contributed by atoms with Gasteiger partial charge in [-0.15, -0.1) is 0 Å². The normalized spacial score (nSPS) is 14.6. The number of likely N-dealkylation sites (N-methyl/N-ethyl adjacent to an activating group) is 1. The van der Waals surface area contributed by atoms with Gasteiger partial charge in [0.15, 0.2) is 5.96 Å². The molecule has 0 rings (SSSR count). The molecule has 5 heteroatoms. The highest BCUT2D eigenvalue weighted by atomic mass is 16.5. The lowest BCUT2D eigenvalue weighted by Gasteiger charge is -2.26. The standard InChI is InChI=1S/C14H32N4O/c1-8-12(2)18(6)10-9-16-13(15-5)17-11-14(3,4)19-7/h12H,8-11H2,1-7H3,(H2,15,16,17). The van der Waals surface area contributed by atoms with Crippen LogP contribution < -0.4 is 10.6 Å². The third-order valence-corrected chi connectivity index (χ3v) is 3.56. The Kier molecular flexibility index (Phi) is 8.76. The van der Waals surface area contributed by atoms with Crippen LogP contribution >= 0.6 is 0 Å². The van der Waals surface area contributed by atoms with E-state index in [1.165, 1.54) is 6.42 Å². The van der Waals surface area contributed by atoms with E-state index in [0.29, 0.717) is 6.04 Å². The van der Waals surface area contributed by atoms with Crippen LogP contribution in [0.1, 0.15) is 34.1 Å². The van der Waals surface area contributed by atoms with E-state index in [-0.39, 0.29) is 5.60 Å². The number of ether oxygens (including phenoxy) is 1. The smallest absolute Gasteiger partial charge is 0.191 e. The topological polar surface area (TPSA) is 48.9 Å². The Balaban J connectivity index is 3.96. The summed E-state index contributed by atoms with van der Waals surface area (Å²) >= 11 is 0. The van der Waals surface area contributed by atoms with Crippen LogP contribution in [0, 0.1) is 0 Å². The molecule has 0 bridgehead atoms. The quantitative estimate of drug-likeness (QED) is 0.517. The number of guanidine groups is 1. The fourth-order valence-corrected chi connectivity index (χ4v) is 1.47. The summed E-state index contributed by atoms with van der Waals surface area (Å²) in [6.45, 7) is 11.2. The van der Waals surface area contributed by atoms with Crippen LogP contribution in [0.15, 0.2) is 4.99 Å². The van der Waals surface area contributed by atoms with Crippen molar-refractivity contribution < 1.29 is 4.74 Å². The molecule has 0 aliphatic rings. The molecule has 0 spiro atoms. The predicted molar refractivity (Wildman–Crippen MR) is 82.8 cm³/mol. The average Bonchev–Trinajstić information content (AvgIpc) is 2.41. The molecule has 0 aromatic carbocycles. The van der Waals surface area contributed by atoms with E-state index in [1.54, 1.807) is 14.2 Å². The summed E-state index contributed by atoms with van der Waals surface area (Å²) in [5, 5.41) is 6.59. The van der Waals surface area contributed by atoms with Crippen molar-refractivity contribution in [2.75, 3.05) is 40.8 Å². The monoisotopic (exact) mass is 272 g/mol. The summed E-state index contributed by atoms with van der Waals surface area (Å²) in [6, 6.07) is 0.615. The van der Waals surface area contributed by atoms with Gasteiger partial charge in [0.2, 0.25) is 0 Å². The average molecular weight is 272 g/mol. The van der Waals surface area contributed by atoms with Crippen molar-refractivity contribution in [3.63, 3.8) is 0 Å². The first kappa shape index (κ1) is 18.2. The second-order valence-electron chi connectivity index (χ2n) is 5.55. The van der Waals surface area contributed by atoms with Gasteiger partial charge in [0.1, 0.15) is 0 Å². The van der Waals surface area contributed by atoms with Crippen LogP contribution in [0.5, 0.6) is 0 Å². The lowest BCUT2D eigenvalue weighted by atomic mass is 10.1. The van der Waals surface area contributed by atoms with Gasteiger partial charge in [-0.3, -0.25) is 4.99 Å². The molecule has 0 aliphatic heterocycles. The Bertz CT molecular complexity index is 266. The minimum atomic E-state index is -0.189. The molecule has 0 aliphatic carbocycles. The first-order chi connectivity index (χ1) is 8.86. The van der Waals surface area contributed by atoms with Gasteiger partial charge in [-0.1, -0.05) is 6.92 Å². The fourth-order valence-electron chi connectivity index (χ4n) is 1.47. The van der Waals surface area contributed by atoms with E-state index < -0.39 is 0 Å². The molecule has 19 heavy (non-hydrogen) atoms. The van der Waals surface area contributed by atoms with Crippen LogP contribution in [-0.2, 0) is 4.74 Å². The molecular weight excluding hydrogens is 240 g/mol. The maximum absolute atomic E-state index is 5.37. The molecule has 0 aromatic heterocycles. The van der Waals surface area contributed by atoms with Gasteiger partial charge in [0, 0.05) is 39.8 Å². The van der Waals surface area contributed by atoms with Gasteiger partial charge in [0.25, 0.3) is 0 Å². The largest absolute Gasteiger partial charge is 0.377 e. The third-order valence-electron chi connectivity index (χ3n) is 3.56. The van der Waals surface area contributed by atoms with Crippen molar-refractivity contribution in [1.82, 2.24) is 15.5 Å². The summed E-state index contributed by atoms with van der Waals surface area (Å²) in [5.74, 6) is 0.822. The molecule has 0 amide bonds. The van der Waals surface area contributed by atoms with E-state index in [2.05, 4.69) is 41.4 Å². The lowest BCUT2D eigenvalue weighted by Crippen LogP contribution is -2.47. The van der Waals surface area contributed by atoms with Crippen molar-refractivity contribution in [3.8, 4) is 0 Å². The molecule has 5 nitrogen and oxygen atoms in total. The van der Waals surface area contributed by atoms with Crippen molar-refractivity contribution in [2.45, 2.75) is 45.8 Å². The predicted octanol–water partition coefficient (Wildman–Crippen LogP) is 1.31. The number of hydrogen-bond acceptors (Lipinski definition) is 3. The highest BCUT2D eigenvalue weighted by molar-refractivity contribution is 5.79. The Hall–Kier alpha value is -0.810. The van der Waals surface area contributed by atoms with Crippen molar-refractivity contribution >= 4 is 5.96 Å². The van der Waals surface area contributed by atoms with Crippen LogP contribution in [-0.4, -0.2) is 63.3 Å². The number of rotatable bonds is 8. The highest BCUT2D eigenvalue weighted by Crippen LogP contribution is 2.04. The summed E-state index contributed by atoms with van der Waals surface area (Å²) in [5.41, 5.74) is -0.189. The van der Waals surface area contributed by atoms with E-state index in [0.717, 1.165) is 25.6 Å². The van der Waals surface area contributed by atoms with Gasteiger partial charge in [-0.05, 0) is 34.2 Å². The molecule has 0 heterocycles. The maximum atomic E-state index is 5.37. The molecular formula is C14H32N4O.